The van der Waals surface area contributed by atoms with Gasteiger partial charge in [0.1, 0.15) is 12.6 Å². The van der Waals surface area contributed by atoms with E-state index in [0.717, 1.165) is 17.0 Å². The van der Waals surface area contributed by atoms with Gasteiger partial charge >= 0.3 is 12.1 Å². The first-order chi connectivity index (χ1) is 15.3. The summed E-state index contributed by atoms with van der Waals surface area (Å²) in [6.07, 6.45) is 0.673. The molecule has 1 heterocycles. The highest BCUT2D eigenvalue weighted by Gasteiger charge is 2.24. The van der Waals surface area contributed by atoms with Gasteiger partial charge in [-0.25, -0.2) is 9.59 Å². The van der Waals surface area contributed by atoms with Crippen LogP contribution in [-0.2, 0) is 22.6 Å². The van der Waals surface area contributed by atoms with Crippen molar-refractivity contribution in [1.29, 1.82) is 0 Å². The van der Waals surface area contributed by atoms with E-state index >= 15 is 0 Å². The van der Waals surface area contributed by atoms with Crippen molar-refractivity contribution in [3.05, 3.63) is 63.8 Å². The number of alkyl carbamates (subject to hydrolysis) is 1. The Bertz CT molecular complexity index is 1160. The smallest absolute Gasteiger partial charge is 0.408 e. The Labute approximate surface area is 182 Å². The number of nitrogens with one attached hydrogen (secondary N) is 2. The maximum atomic E-state index is 12.3. The second-order valence-electron chi connectivity index (χ2n) is 6.77. The highest BCUT2D eigenvalue weighted by atomic mass is 16.6. The summed E-state index contributed by atoms with van der Waals surface area (Å²) in [6, 6.07) is 8.59. The van der Waals surface area contributed by atoms with Crippen LogP contribution in [0.3, 0.4) is 0 Å². The Morgan fingerprint density at radius 2 is 1.84 bits per heavy atom. The lowest BCUT2D eigenvalue weighted by Gasteiger charge is -2.15. The van der Waals surface area contributed by atoms with Crippen molar-refractivity contribution in [2.24, 2.45) is 0 Å². The topological polar surface area (TPSA) is 153 Å². The quantitative estimate of drug-likeness (QED) is 0.337. The fraction of sp³-hybridized carbons (Fsp3) is 0.238. The van der Waals surface area contributed by atoms with Crippen molar-refractivity contribution in [1.82, 2.24) is 10.3 Å². The average Bonchev–Trinajstić information content (AvgIpc) is 3.19. The molecule has 11 nitrogen and oxygen atoms in total. The number of methoxy groups -OCH3 is 2. The molecule has 0 aliphatic rings. The summed E-state index contributed by atoms with van der Waals surface area (Å²) in [6.45, 7) is -0.470. The second kappa shape index (κ2) is 9.69. The van der Waals surface area contributed by atoms with Crippen LogP contribution in [-0.4, -0.2) is 47.3 Å². The molecule has 0 saturated heterocycles. The predicted octanol–water partition coefficient (Wildman–Crippen LogP) is 3.02. The van der Waals surface area contributed by atoms with Crippen LogP contribution < -0.4 is 14.8 Å². The van der Waals surface area contributed by atoms with Gasteiger partial charge in [0, 0.05) is 23.5 Å². The summed E-state index contributed by atoms with van der Waals surface area (Å²) in [7, 11) is 2.70. The number of aromatic nitrogens is 1. The molecule has 0 radical (unpaired) electrons. The van der Waals surface area contributed by atoms with Crippen LogP contribution in [0.2, 0.25) is 0 Å². The SMILES string of the molecule is COc1cc(COC(=O)N[C@@H](Cc2c[nH]c3ccccc23)C(=O)O)c([N+](=O)[O-])cc1OC. The molecular formula is C21H21N3O8. The Hall–Kier alpha value is -4.28. The van der Waals surface area contributed by atoms with E-state index in [1.165, 1.54) is 20.3 Å². The molecule has 1 amide bonds. The minimum Gasteiger partial charge on any atom is -0.493 e. The minimum absolute atomic E-state index is 0.0188. The third kappa shape index (κ3) is 4.89. The average molecular weight is 443 g/mol. The van der Waals surface area contributed by atoms with E-state index in [0.29, 0.717) is 5.56 Å². The van der Waals surface area contributed by atoms with Crippen molar-refractivity contribution < 1.29 is 33.8 Å². The number of rotatable bonds is 9. The van der Waals surface area contributed by atoms with Crippen molar-refractivity contribution in [2.75, 3.05) is 14.2 Å². The number of aromatic amines is 1. The number of carbonyl (C=O) groups excluding carboxylic acids is 1. The maximum Gasteiger partial charge on any atom is 0.408 e. The van der Waals surface area contributed by atoms with E-state index in [9.17, 15) is 24.8 Å². The van der Waals surface area contributed by atoms with Gasteiger partial charge in [0.15, 0.2) is 11.5 Å². The summed E-state index contributed by atoms with van der Waals surface area (Å²) in [5, 5.41) is 24.0. The molecule has 0 unspecified atom stereocenters. The van der Waals surface area contributed by atoms with Crippen LogP contribution >= 0.6 is 0 Å². The summed E-state index contributed by atoms with van der Waals surface area (Å²) in [4.78, 5) is 37.7. The maximum absolute atomic E-state index is 12.3. The minimum atomic E-state index is -1.26. The number of para-hydroxylation sites is 1. The van der Waals surface area contributed by atoms with Crippen molar-refractivity contribution in [2.45, 2.75) is 19.1 Å². The molecule has 0 aliphatic heterocycles. The molecule has 0 fully saturated rings. The lowest BCUT2D eigenvalue weighted by atomic mass is 10.1. The van der Waals surface area contributed by atoms with Gasteiger partial charge in [-0.1, -0.05) is 18.2 Å². The van der Waals surface area contributed by atoms with Crippen molar-refractivity contribution in [3.8, 4) is 11.5 Å². The van der Waals surface area contributed by atoms with Crippen LogP contribution in [0, 0.1) is 10.1 Å². The number of H-pyrrole nitrogens is 1. The number of hydrogen-bond donors (Lipinski definition) is 3. The summed E-state index contributed by atoms with van der Waals surface area (Å²) >= 11 is 0. The molecule has 11 heteroatoms. The second-order valence-corrected chi connectivity index (χ2v) is 6.77. The van der Waals surface area contributed by atoms with E-state index in [-0.39, 0.29) is 29.2 Å². The molecule has 1 aromatic heterocycles. The highest BCUT2D eigenvalue weighted by molar-refractivity contribution is 5.85. The van der Waals surface area contributed by atoms with Gasteiger partial charge < -0.3 is 29.6 Å². The monoisotopic (exact) mass is 443 g/mol. The zero-order valence-electron chi connectivity index (χ0n) is 17.3. The summed E-state index contributed by atoms with van der Waals surface area (Å²) in [5.74, 6) is -0.874. The number of ether oxygens (including phenoxy) is 3. The predicted molar refractivity (Wildman–Crippen MR) is 113 cm³/mol. The first-order valence-corrected chi connectivity index (χ1v) is 9.44. The molecule has 32 heavy (non-hydrogen) atoms. The number of carbonyl (C=O) groups is 2. The standard InChI is InChI=1S/C21H21N3O8/c1-30-18-8-13(17(24(28)29)9-19(18)31-2)11-32-21(27)23-16(20(25)26)7-12-10-22-15-6-4-3-5-14(12)15/h3-6,8-10,16,22H,7,11H2,1-2H3,(H,23,27)(H,25,26)/t16-/m0/s1. The molecule has 0 bridgehead atoms. The molecule has 0 spiro atoms. The van der Waals surface area contributed by atoms with Gasteiger partial charge in [0.05, 0.1) is 30.8 Å². The Balaban J connectivity index is 1.71. The molecule has 3 rings (SSSR count). The van der Waals surface area contributed by atoms with E-state index in [4.69, 9.17) is 14.2 Å². The van der Waals surface area contributed by atoms with Crippen LogP contribution in [0.1, 0.15) is 11.1 Å². The first-order valence-electron chi connectivity index (χ1n) is 9.44. The normalized spacial score (nSPS) is 11.6. The van der Waals surface area contributed by atoms with Crippen LogP contribution in [0.25, 0.3) is 10.9 Å². The number of fused-ring (bicyclic) bond motifs is 1. The number of nitro benzene ring substituents is 1. The largest absolute Gasteiger partial charge is 0.493 e. The molecule has 3 aromatic rings. The van der Waals surface area contributed by atoms with Crippen molar-refractivity contribution >= 4 is 28.7 Å². The Morgan fingerprint density at radius 1 is 1.16 bits per heavy atom. The van der Waals surface area contributed by atoms with Gasteiger partial charge in [-0.3, -0.25) is 10.1 Å². The van der Waals surface area contributed by atoms with Gasteiger partial charge in [-0.05, 0) is 17.7 Å². The molecular weight excluding hydrogens is 422 g/mol. The van der Waals surface area contributed by atoms with Crippen LogP contribution in [0.5, 0.6) is 11.5 Å². The highest BCUT2D eigenvalue weighted by Crippen LogP contribution is 2.34. The van der Waals surface area contributed by atoms with E-state index in [2.05, 4.69) is 10.3 Å². The van der Waals surface area contributed by atoms with E-state index < -0.39 is 29.6 Å². The number of carboxylic acids is 1. The Morgan fingerprint density at radius 3 is 2.50 bits per heavy atom. The van der Waals surface area contributed by atoms with Gasteiger partial charge in [-0.15, -0.1) is 0 Å². The summed E-state index contributed by atoms with van der Waals surface area (Å²) in [5.41, 5.74) is 1.29. The lowest BCUT2D eigenvalue weighted by Crippen LogP contribution is -2.42. The number of amides is 1. The number of benzene rings is 2. The molecule has 0 saturated carbocycles. The third-order valence-corrected chi connectivity index (χ3v) is 4.83. The molecule has 3 N–H and O–H groups in total. The fourth-order valence-corrected chi connectivity index (χ4v) is 3.24. The van der Waals surface area contributed by atoms with Gasteiger partial charge in [-0.2, -0.15) is 0 Å². The fourth-order valence-electron chi connectivity index (χ4n) is 3.24. The number of hydrogen-bond acceptors (Lipinski definition) is 7. The molecule has 0 aliphatic carbocycles. The first kappa shape index (κ1) is 22.4. The molecule has 168 valence electrons. The van der Waals surface area contributed by atoms with E-state index in [1.54, 1.807) is 6.20 Å². The number of carboxylic acid groups (broad SMARTS) is 1. The number of nitro groups is 1. The van der Waals surface area contributed by atoms with Gasteiger partial charge in [0.2, 0.25) is 0 Å². The third-order valence-electron chi connectivity index (χ3n) is 4.83. The molecule has 2 aromatic carbocycles. The lowest BCUT2D eigenvalue weighted by molar-refractivity contribution is -0.385. The van der Waals surface area contributed by atoms with E-state index in [1.807, 2.05) is 24.3 Å². The van der Waals surface area contributed by atoms with Crippen LogP contribution in [0.15, 0.2) is 42.6 Å². The van der Waals surface area contributed by atoms with Crippen molar-refractivity contribution in [3.63, 3.8) is 0 Å². The molecule has 1 atom stereocenters. The van der Waals surface area contributed by atoms with Crippen LogP contribution in [0.4, 0.5) is 10.5 Å². The Kier molecular flexibility index (Phi) is 6.78. The number of nitrogens with zero attached hydrogens (tertiary/aromatic N) is 1. The van der Waals surface area contributed by atoms with Gasteiger partial charge in [0.25, 0.3) is 5.69 Å². The zero-order valence-corrected chi connectivity index (χ0v) is 17.3. The number of aliphatic carboxylic acids is 1. The summed E-state index contributed by atoms with van der Waals surface area (Å²) < 4.78 is 15.2. The zero-order chi connectivity index (χ0) is 23.3.